The van der Waals surface area contributed by atoms with Gasteiger partial charge in [0.05, 0.1) is 5.41 Å². The number of halogens is 1. The third kappa shape index (κ3) is 3.60. The summed E-state index contributed by atoms with van der Waals surface area (Å²) >= 11 is 0. The van der Waals surface area contributed by atoms with E-state index in [-0.39, 0.29) is 17.6 Å². The van der Waals surface area contributed by atoms with Crippen LogP contribution in [0.5, 0.6) is 0 Å². The number of rotatable bonds is 5. The van der Waals surface area contributed by atoms with Crippen molar-refractivity contribution < 1.29 is 13.9 Å². The molecule has 0 spiro atoms. The van der Waals surface area contributed by atoms with Gasteiger partial charge in [0.1, 0.15) is 5.82 Å². The van der Waals surface area contributed by atoms with Gasteiger partial charge in [-0.2, -0.15) is 0 Å². The summed E-state index contributed by atoms with van der Waals surface area (Å²) in [6.07, 6.45) is 1.23. The number of ether oxygens (including phenoxy) is 1. The van der Waals surface area contributed by atoms with E-state index in [4.69, 9.17) is 10.5 Å². The standard InChI is InChI=1S/C16H23FN2O2/c1-12(10-18)11-19-15(20)16(6-8-21-9-7-16)13-2-4-14(17)5-3-13/h2-5,12H,6-11,18H2,1H3,(H,19,20). The van der Waals surface area contributed by atoms with Crippen LogP contribution in [-0.4, -0.2) is 32.2 Å². The van der Waals surface area contributed by atoms with Gasteiger partial charge >= 0.3 is 0 Å². The van der Waals surface area contributed by atoms with Crippen LogP contribution >= 0.6 is 0 Å². The van der Waals surface area contributed by atoms with Crippen LogP contribution in [0.4, 0.5) is 4.39 Å². The van der Waals surface area contributed by atoms with Crippen LogP contribution in [0.1, 0.15) is 25.3 Å². The Hall–Kier alpha value is -1.46. The molecule has 1 aliphatic heterocycles. The van der Waals surface area contributed by atoms with Gasteiger partial charge < -0.3 is 15.8 Å². The van der Waals surface area contributed by atoms with Crippen LogP contribution in [0, 0.1) is 11.7 Å². The van der Waals surface area contributed by atoms with Crippen molar-refractivity contribution in [3.05, 3.63) is 35.6 Å². The monoisotopic (exact) mass is 294 g/mol. The smallest absolute Gasteiger partial charge is 0.230 e. The van der Waals surface area contributed by atoms with Gasteiger partial charge in [-0.25, -0.2) is 4.39 Å². The first kappa shape index (κ1) is 15.9. The lowest BCUT2D eigenvalue weighted by Gasteiger charge is -2.36. The maximum absolute atomic E-state index is 13.1. The molecule has 21 heavy (non-hydrogen) atoms. The molecule has 1 atom stereocenters. The molecule has 0 aromatic heterocycles. The van der Waals surface area contributed by atoms with E-state index in [9.17, 15) is 9.18 Å². The van der Waals surface area contributed by atoms with Crippen LogP contribution in [0.25, 0.3) is 0 Å². The van der Waals surface area contributed by atoms with Crippen molar-refractivity contribution in [1.29, 1.82) is 0 Å². The van der Waals surface area contributed by atoms with E-state index in [1.54, 1.807) is 12.1 Å². The van der Waals surface area contributed by atoms with Gasteiger partial charge in [0.2, 0.25) is 5.91 Å². The predicted molar refractivity (Wildman–Crippen MR) is 79.4 cm³/mol. The summed E-state index contributed by atoms with van der Waals surface area (Å²) in [4.78, 5) is 12.7. The number of nitrogens with one attached hydrogen (secondary N) is 1. The van der Waals surface area contributed by atoms with Gasteiger partial charge in [-0.15, -0.1) is 0 Å². The molecule has 116 valence electrons. The highest BCUT2D eigenvalue weighted by atomic mass is 19.1. The normalized spacial score (nSPS) is 19.0. The lowest BCUT2D eigenvalue weighted by Crippen LogP contribution is -2.49. The average molecular weight is 294 g/mol. The van der Waals surface area contributed by atoms with Crippen molar-refractivity contribution in [2.45, 2.75) is 25.2 Å². The molecule has 1 fully saturated rings. The SMILES string of the molecule is CC(CN)CNC(=O)C1(c2ccc(F)cc2)CCOCC1. The number of amides is 1. The third-order valence-electron chi connectivity index (χ3n) is 4.19. The lowest BCUT2D eigenvalue weighted by molar-refractivity contribution is -0.130. The molecule has 3 N–H and O–H groups in total. The highest BCUT2D eigenvalue weighted by Gasteiger charge is 2.41. The minimum atomic E-state index is -0.625. The summed E-state index contributed by atoms with van der Waals surface area (Å²) in [7, 11) is 0. The number of carbonyl (C=O) groups is 1. The van der Waals surface area contributed by atoms with Gasteiger partial charge in [-0.1, -0.05) is 19.1 Å². The van der Waals surface area contributed by atoms with E-state index >= 15 is 0 Å². The van der Waals surface area contributed by atoms with Gasteiger partial charge in [-0.3, -0.25) is 4.79 Å². The molecule has 2 rings (SSSR count). The maximum Gasteiger partial charge on any atom is 0.230 e. The molecule has 5 heteroatoms. The number of carbonyl (C=O) groups excluding carboxylic acids is 1. The third-order valence-corrected chi connectivity index (χ3v) is 4.19. The molecule has 0 aliphatic carbocycles. The van der Waals surface area contributed by atoms with E-state index in [1.807, 2.05) is 6.92 Å². The molecular weight excluding hydrogens is 271 g/mol. The number of nitrogens with two attached hydrogens (primary N) is 1. The first-order valence-corrected chi connectivity index (χ1v) is 7.40. The first-order valence-electron chi connectivity index (χ1n) is 7.40. The molecule has 1 aromatic carbocycles. The second-order valence-corrected chi connectivity index (χ2v) is 5.75. The Morgan fingerprint density at radius 3 is 2.57 bits per heavy atom. The summed E-state index contributed by atoms with van der Waals surface area (Å²) in [5.74, 6) is -0.0742. The topological polar surface area (TPSA) is 64.3 Å². The fraction of sp³-hybridized carbons (Fsp3) is 0.562. The van der Waals surface area contributed by atoms with Crippen LogP contribution in [0.2, 0.25) is 0 Å². The summed E-state index contributed by atoms with van der Waals surface area (Å²) < 4.78 is 18.5. The Labute approximate surface area is 124 Å². The van der Waals surface area contributed by atoms with E-state index in [2.05, 4.69) is 5.32 Å². The highest BCUT2D eigenvalue weighted by Crippen LogP contribution is 2.35. The zero-order valence-electron chi connectivity index (χ0n) is 12.4. The quantitative estimate of drug-likeness (QED) is 0.866. The van der Waals surface area contributed by atoms with Crippen LogP contribution in [0.15, 0.2) is 24.3 Å². The van der Waals surface area contributed by atoms with Crippen LogP contribution in [-0.2, 0) is 14.9 Å². The van der Waals surface area contributed by atoms with Gasteiger partial charge in [0, 0.05) is 19.8 Å². The minimum Gasteiger partial charge on any atom is -0.381 e. The molecule has 1 heterocycles. The highest BCUT2D eigenvalue weighted by molar-refractivity contribution is 5.88. The fourth-order valence-corrected chi connectivity index (χ4v) is 2.66. The van der Waals surface area contributed by atoms with Gasteiger partial charge in [-0.05, 0) is 43.0 Å². The summed E-state index contributed by atoms with van der Waals surface area (Å²) in [6, 6.07) is 6.21. The zero-order chi connectivity index (χ0) is 15.3. The summed E-state index contributed by atoms with van der Waals surface area (Å²) in [5.41, 5.74) is 5.81. The Kier molecular flexibility index (Phi) is 5.31. The maximum atomic E-state index is 13.1. The minimum absolute atomic E-state index is 0.0160. The van der Waals surface area contributed by atoms with Gasteiger partial charge in [0.25, 0.3) is 0 Å². The molecule has 1 aromatic rings. The van der Waals surface area contributed by atoms with Crippen molar-refractivity contribution in [2.75, 3.05) is 26.3 Å². The molecule has 4 nitrogen and oxygen atoms in total. The van der Waals surface area contributed by atoms with Gasteiger partial charge in [0.15, 0.2) is 0 Å². The molecule has 1 unspecified atom stereocenters. The van der Waals surface area contributed by atoms with Crippen LogP contribution < -0.4 is 11.1 Å². The Morgan fingerprint density at radius 1 is 1.38 bits per heavy atom. The second kappa shape index (κ2) is 7.00. The lowest BCUT2D eigenvalue weighted by atomic mass is 9.73. The first-order chi connectivity index (χ1) is 10.1. The average Bonchev–Trinajstić information content (AvgIpc) is 2.53. The van der Waals surface area contributed by atoms with Crippen molar-refractivity contribution in [3.63, 3.8) is 0 Å². The number of hydrogen-bond donors (Lipinski definition) is 2. The molecule has 1 saturated heterocycles. The van der Waals surface area contributed by atoms with E-state index in [0.717, 1.165) is 5.56 Å². The predicted octanol–water partition coefficient (Wildman–Crippen LogP) is 1.58. The molecular formula is C16H23FN2O2. The van der Waals surface area contributed by atoms with Crippen LogP contribution in [0.3, 0.4) is 0 Å². The number of benzene rings is 1. The van der Waals surface area contributed by atoms with Crippen molar-refractivity contribution in [3.8, 4) is 0 Å². The second-order valence-electron chi connectivity index (χ2n) is 5.75. The summed E-state index contributed by atoms with van der Waals surface area (Å²) in [6.45, 7) is 4.16. The molecule has 0 saturated carbocycles. The van der Waals surface area contributed by atoms with E-state index < -0.39 is 5.41 Å². The van der Waals surface area contributed by atoms with E-state index in [1.165, 1.54) is 12.1 Å². The zero-order valence-corrected chi connectivity index (χ0v) is 12.4. The van der Waals surface area contributed by atoms with Crippen molar-refractivity contribution >= 4 is 5.91 Å². The number of hydrogen-bond acceptors (Lipinski definition) is 3. The fourth-order valence-electron chi connectivity index (χ4n) is 2.66. The molecule has 1 aliphatic rings. The van der Waals surface area contributed by atoms with E-state index in [0.29, 0.717) is 39.1 Å². The molecule has 0 bridgehead atoms. The Morgan fingerprint density at radius 2 is 2.00 bits per heavy atom. The molecule has 1 amide bonds. The summed E-state index contributed by atoms with van der Waals surface area (Å²) in [5, 5.41) is 2.99. The van der Waals surface area contributed by atoms with Crippen molar-refractivity contribution in [1.82, 2.24) is 5.32 Å². The molecule has 0 radical (unpaired) electrons. The van der Waals surface area contributed by atoms with Crippen molar-refractivity contribution in [2.24, 2.45) is 11.7 Å². The largest absolute Gasteiger partial charge is 0.381 e. The Bertz CT molecular complexity index is 470. The Balaban J connectivity index is 2.20.